The fourth-order valence-electron chi connectivity index (χ4n) is 1.68. The lowest BCUT2D eigenvalue weighted by molar-refractivity contribution is -0.907. The molecule has 108 valence electrons. The van der Waals surface area contributed by atoms with E-state index in [0.717, 1.165) is 11.0 Å². The Morgan fingerprint density at radius 3 is 2.28 bits per heavy atom. The van der Waals surface area contributed by atoms with E-state index in [1.807, 2.05) is 0 Å². The smallest absolute Gasteiger partial charge is 0.334 e. The van der Waals surface area contributed by atoms with E-state index in [4.69, 9.17) is 4.74 Å². The van der Waals surface area contributed by atoms with Crippen LogP contribution in [0.25, 0.3) is 0 Å². The van der Waals surface area contributed by atoms with Crippen molar-refractivity contribution in [2.45, 2.75) is 45.4 Å². The van der Waals surface area contributed by atoms with Crippen LogP contribution in [0.5, 0.6) is 0 Å². The Morgan fingerprint density at radius 1 is 1.17 bits per heavy atom. The number of hydrogen-bond donors (Lipinski definition) is 0. The number of halogens is 1. The first-order valence-electron chi connectivity index (χ1n) is 6.63. The maximum absolute atomic E-state index is 11.0. The fourth-order valence-corrected chi connectivity index (χ4v) is 1.68. The van der Waals surface area contributed by atoms with Crippen LogP contribution >= 0.6 is 0 Å². The summed E-state index contributed by atoms with van der Waals surface area (Å²) in [5.74, 6) is -0.334. The molecule has 0 heterocycles. The van der Waals surface area contributed by atoms with E-state index in [1.165, 1.54) is 44.6 Å². The van der Waals surface area contributed by atoms with E-state index in [0.29, 0.717) is 6.73 Å². The molecule has 0 aromatic rings. The molecular formula is C14H28ClNO2. The number of hydrogen-bond acceptors (Lipinski definition) is 2. The first-order valence-corrected chi connectivity index (χ1v) is 6.63. The number of ether oxygens (including phenoxy) is 1. The summed E-state index contributed by atoms with van der Waals surface area (Å²) in [6.07, 6.45) is 8.98. The molecule has 18 heavy (non-hydrogen) atoms. The number of carbonyl (C=O) groups is 1. The van der Waals surface area contributed by atoms with Crippen LogP contribution < -0.4 is 12.4 Å². The Bertz CT molecular complexity index is 230. The lowest BCUT2D eigenvalue weighted by Crippen LogP contribution is -3.00. The Kier molecular flexibility index (Phi) is 12.7. The minimum Gasteiger partial charge on any atom is -1.00 e. The predicted molar refractivity (Wildman–Crippen MR) is 71.5 cm³/mol. The summed E-state index contributed by atoms with van der Waals surface area (Å²) in [6, 6.07) is 0. The molecule has 0 rings (SSSR count). The normalized spacial score (nSPS) is 10.6. The molecule has 0 aromatic carbocycles. The van der Waals surface area contributed by atoms with E-state index < -0.39 is 0 Å². The SMILES string of the molecule is C=CC(=O)OC[N+](C)(C)CCCCCCCC.[Cl-]. The first-order chi connectivity index (χ1) is 8.02. The molecule has 0 radical (unpaired) electrons. The minimum absolute atomic E-state index is 0. The van der Waals surface area contributed by atoms with Gasteiger partial charge in [-0.05, 0) is 12.8 Å². The molecule has 0 N–H and O–H groups in total. The van der Waals surface area contributed by atoms with Crippen LogP contribution in [-0.2, 0) is 9.53 Å². The van der Waals surface area contributed by atoms with Gasteiger partial charge in [-0.2, -0.15) is 0 Å². The van der Waals surface area contributed by atoms with Crippen LogP contribution in [-0.4, -0.2) is 37.8 Å². The van der Waals surface area contributed by atoms with Crippen LogP contribution in [0.15, 0.2) is 12.7 Å². The molecular weight excluding hydrogens is 250 g/mol. The highest BCUT2D eigenvalue weighted by Crippen LogP contribution is 2.08. The number of rotatable bonds is 10. The predicted octanol–water partition coefficient (Wildman–Crippen LogP) is 0.114. The Morgan fingerprint density at radius 2 is 1.72 bits per heavy atom. The van der Waals surface area contributed by atoms with Gasteiger partial charge in [0, 0.05) is 6.08 Å². The van der Waals surface area contributed by atoms with Crippen LogP contribution in [0, 0.1) is 0 Å². The van der Waals surface area contributed by atoms with Crippen LogP contribution in [0.1, 0.15) is 45.4 Å². The minimum atomic E-state index is -0.334. The Labute approximate surface area is 118 Å². The van der Waals surface area contributed by atoms with E-state index in [1.54, 1.807) is 0 Å². The number of esters is 1. The maximum atomic E-state index is 11.0. The second-order valence-electron chi connectivity index (χ2n) is 5.22. The molecule has 0 bridgehead atoms. The maximum Gasteiger partial charge on any atom is 0.334 e. The number of quaternary nitrogens is 1. The van der Waals surface area contributed by atoms with Crippen molar-refractivity contribution in [1.82, 2.24) is 0 Å². The largest absolute Gasteiger partial charge is 1.00 e. The number of nitrogens with zero attached hydrogens (tertiary/aromatic N) is 1. The fraction of sp³-hybridized carbons (Fsp3) is 0.786. The molecule has 0 fully saturated rings. The van der Waals surface area contributed by atoms with Gasteiger partial charge in [0.05, 0.1) is 20.6 Å². The summed E-state index contributed by atoms with van der Waals surface area (Å²) in [7, 11) is 4.17. The van der Waals surface area contributed by atoms with Gasteiger partial charge in [-0.25, -0.2) is 4.79 Å². The van der Waals surface area contributed by atoms with E-state index >= 15 is 0 Å². The van der Waals surface area contributed by atoms with Crippen molar-refractivity contribution < 1.29 is 26.4 Å². The summed E-state index contributed by atoms with van der Waals surface area (Å²) in [4.78, 5) is 11.0. The highest BCUT2D eigenvalue weighted by Gasteiger charge is 2.15. The molecule has 0 saturated heterocycles. The summed E-state index contributed by atoms with van der Waals surface area (Å²) in [5.41, 5.74) is 0. The van der Waals surface area contributed by atoms with Gasteiger partial charge in [-0.1, -0.05) is 39.2 Å². The summed E-state index contributed by atoms with van der Waals surface area (Å²) in [6.45, 7) is 7.10. The average molecular weight is 278 g/mol. The van der Waals surface area contributed by atoms with E-state index in [-0.39, 0.29) is 18.4 Å². The molecule has 0 unspecified atom stereocenters. The highest BCUT2D eigenvalue weighted by molar-refractivity contribution is 5.81. The van der Waals surface area contributed by atoms with Gasteiger partial charge in [-0.3, -0.25) is 4.48 Å². The third-order valence-electron chi connectivity index (χ3n) is 2.84. The van der Waals surface area contributed by atoms with Gasteiger partial charge in [0.15, 0.2) is 0 Å². The molecule has 0 aromatic heterocycles. The van der Waals surface area contributed by atoms with Crippen molar-refractivity contribution in [3.8, 4) is 0 Å². The monoisotopic (exact) mass is 277 g/mol. The molecule has 0 atom stereocenters. The zero-order chi connectivity index (χ0) is 13.1. The van der Waals surface area contributed by atoms with Crippen molar-refractivity contribution in [3.05, 3.63) is 12.7 Å². The quantitative estimate of drug-likeness (QED) is 0.186. The zero-order valence-electron chi connectivity index (χ0n) is 12.1. The van der Waals surface area contributed by atoms with Crippen LogP contribution in [0.3, 0.4) is 0 Å². The van der Waals surface area contributed by atoms with Crippen molar-refractivity contribution in [2.24, 2.45) is 0 Å². The molecule has 0 spiro atoms. The number of carbonyl (C=O) groups excluding carboxylic acids is 1. The molecule has 0 aliphatic heterocycles. The van der Waals surface area contributed by atoms with Gasteiger partial charge in [-0.15, -0.1) is 0 Å². The lowest BCUT2D eigenvalue weighted by Gasteiger charge is -2.28. The topological polar surface area (TPSA) is 26.3 Å². The van der Waals surface area contributed by atoms with Crippen LogP contribution in [0.2, 0.25) is 0 Å². The van der Waals surface area contributed by atoms with Crippen LogP contribution in [0.4, 0.5) is 0 Å². The highest BCUT2D eigenvalue weighted by atomic mass is 35.5. The third kappa shape index (κ3) is 11.9. The second kappa shape index (κ2) is 11.5. The average Bonchev–Trinajstić information content (AvgIpc) is 2.30. The summed E-state index contributed by atoms with van der Waals surface area (Å²) >= 11 is 0. The second-order valence-corrected chi connectivity index (χ2v) is 5.22. The molecule has 0 saturated carbocycles. The molecule has 0 aliphatic rings. The van der Waals surface area contributed by atoms with Crippen molar-refractivity contribution in [1.29, 1.82) is 0 Å². The molecule has 0 amide bonds. The van der Waals surface area contributed by atoms with Gasteiger partial charge in [0.25, 0.3) is 0 Å². The van der Waals surface area contributed by atoms with Crippen molar-refractivity contribution >= 4 is 5.97 Å². The van der Waals surface area contributed by atoms with Crippen molar-refractivity contribution in [3.63, 3.8) is 0 Å². The van der Waals surface area contributed by atoms with Gasteiger partial charge >= 0.3 is 5.97 Å². The molecule has 4 heteroatoms. The Hall–Kier alpha value is -0.540. The van der Waals surface area contributed by atoms with E-state index in [2.05, 4.69) is 27.6 Å². The Balaban J connectivity index is 0. The summed E-state index contributed by atoms with van der Waals surface area (Å²) in [5, 5.41) is 0. The summed E-state index contributed by atoms with van der Waals surface area (Å²) < 4.78 is 5.80. The van der Waals surface area contributed by atoms with E-state index in [9.17, 15) is 4.79 Å². The molecule has 0 aliphatic carbocycles. The first kappa shape index (κ1) is 19.8. The standard InChI is InChI=1S/C14H28NO2.ClH/c1-5-7-8-9-10-11-12-15(3,4)13-17-14(16)6-2;/h6H,2,5,7-13H2,1,3-4H3;1H/q+1;/p-1. The lowest BCUT2D eigenvalue weighted by atomic mass is 10.1. The van der Waals surface area contributed by atoms with Crippen molar-refractivity contribution in [2.75, 3.05) is 27.4 Å². The van der Waals surface area contributed by atoms with Gasteiger partial charge < -0.3 is 17.1 Å². The van der Waals surface area contributed by atoms with Gasteiger partial charge in [0.2, 0.25) is 6.73 Å². The number of unbranched alkanes of at least 4 members (excludes halogenated alkanes) is 5. The molecule has 3 nitrogen and oxygen atoms in total. The third-order valence-corrected chi connectivity index (χ3v) is 2.84. The van der Waals surface area contributed by atoms with Gasteiger partial charge in [0.1, 0.15) is 0 Å². The zero-order valence-corrected chi connectivity index (χ0v) is 12.8.